The van der Waals surface area contributed by atoms with E-state index in [1.165, 1.54) is 22.1 Å². The molecule has 1 heterocycles. The number of hydrogen-bond donors (Lipinski definition) is 1. The lowest BCUT2D eigenvalue weighted by Gasteiger charge is -2.09. The van der Waals surface area contributed by atoms with Crippen LogP contribution in [0.2, 0.25) is 0 Å². The van der Waals surface area contributed by atoms with Crippen molar-refractivity contribution < 1.29 is 0 Å². The minimum Gasteiger partial charge on any atom is -0.261 e. The fraction of sp³-hybridized carbons (Fsp3) is 0.158. The summed E-state index contributed by atoms with van der Waals surface area (Å²) >= 11 is 3.51. The fourth-order valence-electron chi connectivity index (χ4n) is 2.65. The minimum absolute atomic E-state index is 0.755. The molecule has 0 saturated heterocycles. The monoisotopic (exact) mass is 367 g/mol. The van der Waals surface area contributed by atoms with Gasteiger partial charge >= 0.3 is 0 Å². The van der Waals surface area contributed by atoms with Gasteiger partial charge in [0.15, 0.2) is 0 Å². The Labute approximate surface area is 144 Å². The van der Waals surface area contributed by atoms with E-state index < -0.39 is 0 Å². The molecule has 0 amide bonds. The summed E-state index contributed by atoms with van der Waals surface area (Å²) in [6.07, 6.45) is 1.79. The quantitative estimate of drug-likeness (QED) is 0.499. The van der Waals surface area contributed by atoms with Crippen molar-refractivity contribution in [3.63, 3.8) is 0 Å². The van der Waals surface area contributed by atoms with Crippen LogP contribution in [0.3, 0.4) is 0 Å². The summed E-state index contributed by atoms with van der Waals surface area (Å²) in [5.41, 5.74) is 8.71. The number of rotatable bonds is 3. The summed E-state index contributed by atoms with van der Waals surface area (Å²) in [5, 5.41) is 5.50. The number of fused-ring (bicyclic) bond motifs is 1. The summed E-state index contributed by atoms with van der Waals surface area (Å²) in [4.78, 5) is 4.69. The molecule has 0 bridgehead atoms. The number of pyridine rings is 1. The lowest BCUT2D eigenvalue weighted by atomic mass is 10.0. The van der Waals surface area contributed by atoms with Crippen molar-refractivity contribution in [3.8, 4) is 0 Å². The first kappa shape index (κ1) is 15.7. The summed E-state index contributed by atoms with van der Waals surface area (Å²) < 4.78 is 1.01. The lowest BCUT2D eigenvalue weighted by Crippen LogP contribution is -1.97. The molecule has 0 unspecified atom stereocenters. The minimum atomic E-state index is 0.755. The first-order chi connectivity index (χ1) is 11.0. The lowest BCUT2D eigenvalue weighted by molar-refractivity contribution is 1.24. The number of nitrogens with zero attached hydrogens (tertiary/aromatic N) is 2. The van der Waals surface area contributed by atoms with Crippen molar-refractivity contribution in [2.24, 2.45) is 5.10 Å². The third kappa shape index (κ3) is 3.42. The van der Waals surface area contributed by atoms with Gasteiger partial charge in [-0.3, -0.25) is 5.43 Å². The molecular formula is C19H18BrN3. The Morgan fingerprint density at radius 3 is 2.61 bits per heavy atom. The Kier molecular flexibility index (Phi) is 4.44. The first-order valence-corrected chi connectivity index (χ1v) is 8.26. The van der Waals surface area contributed by atoms with E-state index >= 15 is 0 Å². The molecule has 0 aliphatic carbocycles. The average Bonchev–Trinajstić information content (AvgIpc) is 2.50. The Morgan fingerprint density at radius 1 is 1.04 bits per heavy atom. The van der Waals surface area contributed by atoms with Gasteiger partial charge < -0.3 is 0 Å². The number of hydrazone groups is 1. The molecule has 116 valence electrons. The Bertz CT molecular complexity index is 901. The third-order valence-corrected chi connectivity index (χ3v) is 4.47. The van der Waals surface area contributed by atoms with Gasteiger partial charge in [0.1, 0.15) is 5.82 Å². The zero-order valence-corrected chi connectivity index (χ0v) is 15.0. The van der Waals surface area contributed by atoms with Crippen LogP contribution in [0.4, 0.5) is 5.82 Å². The van der Waals surface area contributed by atoms with E-state index in [2.05, 4.69) is 59.4 Å². The molecule has 2 aromatic carbocycles. The van der Waals surface area contributed by atoms with Crippen LogP contribution in [0, 0.1) is 20.8 Å². The van der Waals surface area contributed by atoms with Crippen molar-refractivity contribution in [2.75, 3.05) is 5.43 Å². The molecule has 0 aliphatic heterocycles. The van der Waals surface area contributed by atoms with E-state index in [-0.39, 0.29) is 0 Å². The zero-order chi connectivity index (χ0) is 16.4. The van der Waals surface area contributed by atoms with E-state index in [4.69, 9.17) is 4.98 Å². The molecule has 3 nitrogen and oxygen atoms in total. The second kappa shape index (κ2) is 6.50. The highest BCUT2D eigenvalue weighted by molar-refractivity contribution is 9.10. The largest absolute Gasteiger partial charge is 0.261 e. The Morgan fingerprint density at radius 2 is 1.83 bits per heavy atom. The highest BCUT2D eigenvalue weighted by Gasteiger charge is 2.06. The maximum atomic E-state index is 4.69. The van der Waals surface area contributed by atoms with Crippen LogP contribution < -0.4 is 5.43 Å². The van der Waals surface area contributed by atoms with Crippen LogP contribution in [0.25, 0.3) is 10.9 Å². The molecule has 0 radical (unpaired) electrons. The third-order valence-electron chi connectivity index (χ3n) is 3.74. The van der Waals surface area contributed by atoms with Gasteiger partial charge in [-0.1, -0.05) is 45.8 Å². The van der Waals surface area contributed by atoms with E-state index in [1.807, 2.05) is 30.3 Å². The molecule has 0 saturated carbocycles. The normalized spacial score (nSPS) is 11.3. The number of nitrogens with one attached hydrogen (secondary N) is 1. The molecule has 0 atom stereocenters. The highest BCUT2D eigenvalue weighted by Crippen LogP contribution is 2.24. The standard InChI is InChI=1S/C19H18BrN3/c1-12-8-14(3)19-16(9-12)13(2)10-18(22-19)23-21-11-15-6-4-5-7-17(15)20/h4-11H,1-3H3,(H,22,23). The van der Waals surface area contributed by atoms with Crippen molar-refractivity contribution in [3.05, 3.63) is 69.2 Å². The second-order valence-electron chi connectivity index (χ2n) is 5.69. The van der Waals surface area contributed by atoms with E-state index in [1.54, 1.807) is 6.21 Å². The van der Waals surface area contributed by atoms with Crippen molar-refractivity contribution >= 4 is 38.9 Å². The molecule has 3 aromatic rings. The highest BCUT2D eigenvalue weighted by atomic mass is 79.9. The topological polar surface area (TPSA) is 37.3 Å². The van der Waals surface area contributed by atoms with Crippen LogP contribution in [0.5, 0.6) is 0 Å². The fourth-order valence-corrected chi connectivity index (χ4v) is 3.04. The maximum absolute atomic E-state index is 4.69. The summed E-state index contributed by atoms with van der Waals surface area (Å²) in [6, 6.07) is 14.3. The smallest absolute Gasteiger partial charge is 0.147 e. The number of hydrogen-bond acceptors (Lipinski definition) is 3. The zero-order valence-electron chi connectivity index (χ0n) is 13.4. The Balaban J connectivity index is 1.91. The predicted molar refractivity (Wildman–Crippen MR) is 101 cm³/mol. The second-order valence-corrected chi connectivity index (χ2v) is 6.55. The predicted octanol–water partition coefficient (Wildman–Crippen LogP) is 5.37. The molecule has 1 aromatic heterocycles. The average molecular weight is 368 g/mol. The van der Waals surface area contributed by atoms with Crippen LogP contribution in [-0.2, 0) is 0 Å². The van der Waals surface area contributed by atoms with Gasteiger partial charge in [0.05, 0.1) is 11.7 Å². The summed E-state index contributed by atoms with van der Waals surface area (Å²) in [6.45, 7) is 6.31. The van der Waals surface area contributed by atoms with Crippen LogP contribution in [0.15, 0.2) is 52.0 Å². The van der Waals surface area contributed by atoms with Gasteiger partial charge in [0, 0.05) is 15.4 Å². The van der Waals surface area contributed by atoms with Gasteiger partial charge in [-0.05, 0) is 50.1 Å². The molecule has 23 heavy (non-hydrogen) atoms. The van der Waals surface area contributed by atoms with Gasteiger partial charge in [0.25, 0.3) is 0 Å². The molecule has 0 fully saturated rings. The maximum Gasteiger partial charge on any atom is 0.147 e. The van der Waals surface area contributed by atoms with Crippen LogP contribution in [0.1, 0.15) is 22.3 Å². The van der Waals surface area contributed by atoms with Crippen molar-refractivity contribution in [1.29, 1.82) is 0 Å². The van der Waals surface area contributed by atoms with Crippen molar-refractivity contribution in [2.45, 2.75) is 20.8 Å². The number of anilines is 1. The number of benzene rings is 2. The number of aromatic nitrogens is 1. The van der Waals surface area contributed by atoms with Gasteiger partial charge in [-0.25, -0.2) is 4.98 Å². The van der Waals surface area contributed by atoms with E-state index in [0.717, 1.165) is 21.4 Å². The van der Waals surface area contributed by atoms with Gasteiger partial charge in [-0.15, -0.1) is 0 Å². The Hall–Kier alpha value is -2.20. The van der Waals surface area contributed by atoms with Gasteiger partial charge in [-0.2, -0.15) is 5.10 Å². The first-order valence-electron chi connectivity index (χ1n) is 7.47. The SMILES string of the molecule is Cc1cc(C)c2nc(NN=Cc3ccccc3Br)cc(C)c2c1. The molecule has 0 aliphatic rings. The van der Waals surface area contributed by atoms with E-state index in [0.29, 0.717) is 0 Å². The number of aryl methyl sites for hydroxylation is 3. The molecule has 1 N–H and O–H groups in total. The summed E-state index contributed by atoms with van der Waals surface area (Å²) in [7, 11) is 0. The molecule has 4 heteroatoms. The van der Waals surface area contributed by atoms with Crippen LogP contribution in [-0.4, -0.2) is 11.2 Å². The van der Waals surface area contributed by atoms with Crippen LogP contribution >= 0.6 is 15.9 Å². The molecule has 0 spiro atoms. The van der Waals surface area contributed by atoms with Gasteiger partial charge in [0.2, 0.25) is 0 Å². The molecule has 3 rings (SSSR count). The number of halogens is 1. The summed E-state index contributed by atoms with van der Waals surface area (Å²) in [5.74, 6) is 0.755. The van der Waals surface area contributed by atoms with E-state index in [9.17, 15) is 0 Å². The molecular weight excluding hydrogens is 350 g/mol. The van der Waals surface area contributed by atoms with Crippen molar-refractivity contribution in [1.82, 2.24) is 4.98 Å².